The van der Waals surface area contributed by atoms with Crippen LogP contribution in [0.25, 0.3) is 6.08 Å². The minimum absolute atomic E-state index is 0.215. The van der Waals surface area contributed by atoms with Gasteiger partial charge in [-0.3, -0.25) is 4.79 Å². The molecule has 0 atom stereocenters. The first-order chi connectivity index (χ1) is 12.7. The Morgan fingerprint density at radius 1 is 0.923 bits per heavy atom. The first kappa shape index (κ1) is 19.2. The van der Waals surface area contributed by atoms with Crippen molar-refractivity contribution in [2.24, 2.45) is 0 Å². The Balaban J connectivity index is 1.80. The van der Waals surface area contributed by atoms with Crippen LogP contribution in [0.4, 0.5) is 0 Å². The molecule has 0 saturated carbocycles. The number of rotatable bonds is 9. The Bertz CT molecular complexity index is 740. The SMILES string of the molecule is COc1ccc(OCCNC(=O)C=Cc2cc(OC)ccc2OC)cc1. The lowest BCUT2D eigenvalue weighted by Crippen LogP contribution is -2.26. The van der Waals surface area contributed by atoms with Gasteiger partial charge in [0.15, 0.2) is 0 Å². The normalized spacial score (nSPS) is 10.4. The number of hydrogen-bond donors (Lipinski definition) is 1. The van der Waals surface area contributed by atoms with Crippen molar-refractivity contribution in [2.45, 2.75) is 0 Å². The minimum Gasteiger partial charge on any atom is -0.497 e. The number of hydrogen-bond acceptors (Lipinski definition) is 5. The van der Waals surface area contributed by atoms with Crippen LogP contribution in [0.1, 0.15) is 5.56 Å². The zero-order valence-corrected chi connectivity index (χ0v) is 15.2. The van der Waals surface area contributed by atoms with Crippen molar-refractivity contribution < 1.29 is 23.7 Å². The van der Waals surface area contributed by atoms with E-state index >= 15 is 0 Å². The Hall–Kier alpha value is -3.15. The summed E-state index contributed by atoms with van der Waals surface area (Å²) < 4.78 is 21.1. The van der Waals surface area contributed by atoms with Crippen LogP contribution in [0.3, 0.4) is 0 Å². The largest absolute Gasteiger partial charge is 0.497 e. The smallest absolute Gasteiger partial charge is 0.244 e. The third-order valence-corrected chi connectivity index (χ3v) is 3.58. The number of carbonyl (C=O) groups is 1. The van der Waals surface area contributed by atoms with E-state index in [-0.39, 0.29) is 5.91 Å². The second kappa shape index (κ2) is 9.98. The summed E-state index contributed by atoms with van der Waals surface area (Å²) in [6.45, 7) is 0.763. The molecular weight excluding hydrogens is 334 g/mol. The van der Waals surface area contributed by atoms with Crippen molar-refractivity contribution in [1.82, 2.24) is 5.32 Å². The highest BCUT2D eigenvalue weighted by Crippen LogP contribution is 2.25. The molecule has 2 aromatic rings. The van der Waals surface area contributed by atoms with Gasteiger partial charge in [0.1, 0.15) is 29.6 Å². The van der Waals surface area contributed by atoms with E-state index in [1.807, 2.05) is 24.3 Å². The number of ether oxygens (including phenoxy) is 4. The van der Waals surface area contributed by atoms with Crippen LogP contribution in [0.2, 0.25) is 0 Å². The average Bonchev–Trinajstić information content (AvgIpc) is 2.69. The third-order valence-electron chi connectivity index (χ3n) is 3.58. The van der Waals surface area contributed by atoms with E-state index in [2.05, 4.69) is 5.32 Å². The molecule has 0 heterocycles. The molecule has 1 N–H and O–H groups in total. The monoisotopic (exact) mass is 357 g/mol. The molecule has 2 aromatic carbocycles. The summed E-state index contributed by atoms with van der Waals surface area (Å²) in [7, 11) is 4.78. The maximum atomic E-state index is 11.9. The standard InChI is InChI=1S/C20H23NO5/c1-23-16-5-7-17(8-6-16)26-13-12-21-20(22)11-4-15-14-18(24-2)9-10-19(15)25-3/h4-11,14H,12-13H2,1-3H3,(H,21,22). The molecule has 0 saturated heterocycles. The summed E-state index contributed by atoms with van der Waals surface area (Å²) in [6, 6.07) is 12.7. The molecule has 0 unspecified atom stereocenters. The van der Waals surface area contributed by atoms with Gasteiger partial charge in [-0.15, -0.1) is 0 Å². The molecule has 138 valence electrons. The van der Waals surface area contributed by atoms with Crippen molar-refractivity contribution in [2.75, 3.05) is 34.5 Å². The first-order valence-electron chi connectivity index (χ1n) is 8.11. The Morgan fingerprint density at radius 2 is 1.58 bits per heavy atom. The molecule has 26 heavy (non-hydrogen) atoms. The van der Waals surface area contributed by atoms with E-state index in [1.165, 1.54) is 6.08 Å². The fraction of sp³-hybridized carbons (Fsp3) is 0.250. The molecule has 1 amide bonds. The summed E-state index contributed by atoms with van der Waals surface area (Å²) in [5.41, 5.74) is 0.761. The zero-order valence-electron chi connectivity index (χ0n) is 15.2. The van der Waals surface area contributed by atoms with Crippen LogP contribution in [0.5, 0.6) is 23.0 Å². The number of methoxy groups -OCH3 is 3. The van der Waals surface area contributed by atoms with E-state index in [0.717, 1.165) is 17.1 Å². The molecule has 0 aromatic heterocycles. The van der Waals surface area contributed by atoms with Gasteiger partial charge in [-0.25, -0.2) is 0 Å². The van der Waals surface area contributed by atoms with E-state index < -0.39 is 0 Å². The van der Waals surface area contributed by atoms with Crippen LogP contribution in [-0.2, 0) is 4.79 Å². The van der Waals surface area contributed by atoms with Gasteiger partial charge in [0, 0.05) is 11.6 Å². The van der Waals surface area contributed by atoms with E-state index in [4.69, 9.17) is 18.9 Å². The molecule has 6 nitrogen and oxygen atoms in total. The van der Waals surface area contributed by atoms with E-state index in [9.17, 15) is 4.79 Å². The molecule has 0 fully saturated rings. The highest BCUT2D eigenvalue weighted by molar-refractivity contribution is 5.92. The van der Waals surface area contributed by atoms with E-state index in [1.54, 1.807) is 45.6 Å². The van der Waals surface area contributed by atoms with E-state index in [0.29, 0.717) is 24.7 Å². The van der Waals surface area contributed by atoms with Crippen molar-refractivity contribution in [1.29, 1.82) is 0 Å². The summed E-state index contributed by atoms with van der Waals surface area (Å²) in [6.07, 6.45) is 3.13. The fourth-order valence-electron chi connectivity index (χ4n) is 2.21. The Morgan fingerprint density at radius 3 is 2.23 bits per heavy atom. The Labute approximate surface area is 153 Å². The van der Waals surface area contributed by atoms with Crippen molar-refractivity contribution >= 4 is 12.0 Å². The molecule has 0 aliphatic rings. The second-order valence-corrected chi connectivity index (χ2v) is 5.26. The van der Waals surface area contributed by atoms with Gasteiger partial charge >= 0.3 is 0 Å². The van der Waals surface area contributed by atoms with Gasteiger partial charge in [0.25, 0.3) is 0 Å². The van der Waals surface area contributed by atoms with Gasteiger partial charge in [-0.2, -0.15) is 0 Å². The lowest BCUT2D eigenvalue weighted by molar-refractivity contribution is -0.116. The molecule has 6 heteroatoms. The molecule has 0 radical (unpaired) electrons. The number of carbonyl (C=O) groups excluding carboxylic acids is 1. The fourth-order valence-corrected chi connectivity index (χ4v) is 2.21. The van der Waals surface area contributed by atoms with Gasteiger partial charge in [-0.1, -0.05) is 0 Å². The summed E-state index contributed by atoms with van der Waals surface area (Å²) in [5.74, 6) is 2.63. The van der Waals surface area contributed by atoms with Crippen LogP contribution in [-0.4, -0.2) is 40.4 Å². The summed E-state index contributed by atoms with van der Waals surface area (Å²) in [4.78, 5) is 11.9. The zero-order chi connectivity index (χ0) is 18.8. The van der Waals surface area contributed by atoms with Crippen LogP contribution < -0.4 is 24.3 Å². The maximum Gasteiger partial charge on any atom is 0.244 e. The molecule has 2 rings (SSSR count). The van der Waals surface area contributed by atoms with Gasteiger partial charge in [-0.05, 0) is 48.5 Å². The van der Waals surface area contributed by atoms with Crippen molar-refractivity contribution in [3.63, 3.8) is 0 Å². The molecule has 0 spiro atoms. The maximum absolute atomic E-state index is 11.9. The second-order valence-electron chi connectivity index (χ2n) is 5.26. The molecule has 0 aliphatic carbocycles. The van der Waals surface area contributed by atoms with Crippen LogP contribution in [0, 0.1) is 0 Å². The summed E-state index contributed by atoms with van der Waals surface area (Å²) >= 11 is 0. The summed E-state index contributed by atoms with van der Waals surface area (Å²) in [5, 5.41) is 2.76. The van der Waals surface area contributed by atoms with Crippen molar-refractivity contribution in [3.05, 3.63) is 54.1 Å². The van der Waals surface area contributed by atoms with Gasteiger partial charge in [0.05, 0.1) is 27.9 Å². The van der Waals surface area contributed by atoms with Gasteiger partial charge in [0.2, 0.25) is 5.91 Å². The first-order valence-corrected chi connectivity index (χ1v) is 8.11. The molecule has 0 aliphatic heterocycles. The lowest BCUT2D eigenvalue weighted by atomic mass is 10.1. The van der Waals surface area contributed by atoms with Crippen molar-refractivity contribution in [3.8, 4) is 23.0 Å². The number of nitrogens with one attached hydrogen (secondary N) is 1. The van der Waals surface area contributed by atoms with Gasteiger partial charge < -0.3 is 24.3 Å². The third kappa shape index (κ3) is 5.73. The highest BCUT2D eigenvalue weighted by Gasteiger charge is 2.03. The average molecular weight is 357 g/mol. The quantitative estimate of drug-likeness (QED) is 0.552. The number of benzene rings is 2. The lowest BCUT2D eigenvalue weighted by Gasteiger charge is -2.08. The molecule has 0 bridgehead atoms. The topological polar surface area (TPSA) is 66.0 Å². The predicted octanol–water partition coefficient (Wildman–Crippen LogP) is 2.92. The Kier molecular flexibility index (Phi) is 7.36. The van der Waals surface area contributed by atoms with Crippen LogP contribution >= 0.6 is 0 Å². The van der Waals surface area contributed by atoms with Crippen LogP contribution in [0.15, 0.2) is 48.5 Å². The predicted molar refractivity (Wildman–Crippen MR) is 100 cm³/mol. The number of amides is 1. The highest BCUT2D eigenvalue weighted by atomic mass is 16.5. The minimum atomic E-state index is -0.215. The molecular formula is C20H23NO5.